The first kappa shape index (κ1) is 23.8. The van der Waals surface area contributed by atoms with Gasteiger partial charge in [0.25, 0.3) is 5.91 Å². The topological polar surface area (TPSA) is 51.5 Å². The minimum absolute atomic E-state index is 0.126. The zero-order valence-corrected chi connectivity index (χ0v) is 20.4. The lowest BCUT2D eigenvalue weighted by Gasteiger charge is -2.24. The molecule has 1 aliphatic rings. The van der Waals surface area contributed by atoms with Gasteiger partial charge < -0.3 is 14.2 Å². The van der Waals surface area contributed by atoms with Crippen LogP contribution in [0.5, 0.6) is 5.75 Å². The molecule has 0 saturated carbocycles. The van der Waals surface area contributed by atoms with Crippen LogP contribution in [0.15, 0.2) is 65.5 Å². The first-order valence-corrected chi connectivity index (χ1v) is 12.2. The largest absolute Gasteiger partial charge is 0.497 e. The predicted molar refractivity (Wildman–Crippen MR) is 136 cm³/mol. The van der Waals surface area contributed by atoms with Crippen LogP contribution in [0.4, 0.5) is 0 Å². The van der Waals surface area contributed by atoms with E-state index in [1.807, 2.05) is 49.1 Å². The highest BCUT2D eigenvalue weighted by Gasteiger charge is 2.27. The minimum atomic E-state index is -0.172. The minimum Gasteiger partial charge on any atom is -0.497 e. The first-order valence-electron chi connectivity index (χ1n) is 12.2. The number of rotatable bonds is 6. The molecule has 1 atom stereocenters. The number of aryl methyl sites for hydroxylation is 1. The highest BCUT2D eigenvalue weighted by atomic mass is 16.5. The van der Waals surface area contributed by atoms with E-state index in [9.17, 15) is 9.59 Å². The number of likely N-dealkylation sites (tertiary alicyclic amines) is 1. The lowest BCUT2D eigenvalue weighted by molar-refractivity contribution is 0.0757. The average molecular weight is 459 g/mol. The van der Waals surface area contributed by atoms with Crippen molar-refractivity contribution in [3.8, 4) is 5.75 Å². The Morgan fingerprint density at radius 2 is 1.76 bits per heavy atom. The summed E-state index contributed by atoms with van der Waals surface area (Å²) in [6, 6.07) is 20.1. The van der Waals surface area contributed by atoms with E-state index in [4.69, 9.17) is 4.74 Å². The van der Waals surface area contributed by atoms with Crippen molar-refractivity contribution >= 4 is 5.91 Å². The summed E-state index contributed by atoms with van der Waals surface area (Å²) in [5, 5.41) is 0. The molecule has 1 fully saturated rings. The second-order valence-corrected chi connectivity index (χ2v) is 9.09. The molecule has 0 radical (unpaired) electrons. The fourth-order valence-corrected chi connectivity index (χ4v) is 5.08. The second-order valence-electron chi connectivity index (χ2n) is 9.09. The van der Waals surface area contributed by atoms with Crippen LogP contribution in [0.3, 0.4) is 0 Å². The van der Waals surface area contributed by atoms with Crippen molar-refractivity contribution < 1.29 is 9.53 Å². The van der Waals surface area contributed by atoms with Crippen LogP contribution >= 0.6 is 0 Å². The molecule has 1 aliphatic heterocycles. The van der Waals surface area contributed by atoms with Gasteiger partial charge in [-0.15, -0.1) is 0 Å². The molecule has 0 bridgehead atoms. The van der Waals surface area contributed by atoms with E-state index in [0.29, 0.717) is 37.5 Å². The van der Waals surface area contributed by atoms with Gasteiger partial charge in [0.05, 0.1) is 7.11 Å². The molecule has 0 unspecified atom stereocenters. The maximum absolute atomic E-state index is 13.7. The number of hydrogen-bond acceptors (Lipinski definition) is 3. The predicted octanol–water partition coefficient (Wildman–Crippen LogP) is 5.19. The molecule has 3 aromatic rings. The molecule has 1 saturated heterocycles. The number of carbonyl (C=O) groups is 1. The first-order chi connectivity index (χ1) is 16.5. The quantitative estimate of drug-likeness (QED) is 0.511. The molecular weight excluding hydrogens is 424 g/mol. The van der Waals surface area contributed by atoms with Crippen LogP contribution in [0, 0.1) is 6.92 Å². The summed E-state index contributed by atoms with van der Waals surface area (Å²) in [5.74, 6) is 1.13. The Balaban J connectivity index is 1.60. The van der Waals surface area contributed by atoms with Crippen molar-refractivity contribution in [2.45, 2.75) is 52.0 Å². The Morgan fingerprint density at radius 1 is 1.03 bits per heavy atom. The Kier molecular flexibility index (Phi) is 7.51. The highest BCUT2D eigenvalue weighted by Crippen LogP contribution is 2.28. The van der Waals surface area contributed by atoms with Gasteiger partial charge in [0.2, 0.25) is 0 Å². The molecule has 1 amide bonds. The second kappa shape index (κ2) is 10.7. The van der Waals surface area contributed by atoms with Gasteiger partial charge in [-0.25, -0.2) is 0 Å². The van der Waals surface area contributed by atoms with Gasteiger partial charge >= 0.3 is 0 Å². The molecule has 5 heteroatoms. The summed E-state index contributed by atoms with van der Waals surface area (Å²) in [6.07, 6.45) is 3.54. The van der Waals surface area contributed by atoms with E-state index in [1.54, 1.807) is 13.2 Å². The third kappa shape index (κ3) is 5.09. The number of ether oxygens (including phenoxy) is 1. The molecule has 0 N–H and O–H groups in total. The standard InChI is InChI=1S/C29H34N2O3/c1-4-26-28(27(32)19-21(2)31(26)20-22-12-14-25(34-3)15-13-22)29(33)30-17-8-11-24(16-18-30)23-9-6-5-7-10-23/h5-7,9-10,12-15,19,24H,4,8,11,16-18,20H2,1-3H3/t24-/m1/s1. The summed E-state index contributed by atoms with van der Waals surface area (Å²) in [6.45, 7) is 5.93. The summed E-state index contributed by atoms with van der Waals surface area (Å²) in [4.78, 5) is 28.7. The fourth-order valence-electron chi connectivity index (χ4n) is 5.08. The van der Waals surface area contributed by atoms with Crippen LogP contribution in [0.2, 0.25) is 0 Å². The Bertz CT molecular complexity index is 1180. The van der Waals surface area contributed by atoms with Gasteiger partial charge in [0, 0.05) is 37.1 Å². The maximum Gasteiger partial charge on any atom is 0.259 e. The molecule has 1 aromatic heterocycles. The van der Waals surface area contributed by atoms with Crippen molar-refractivity contribution in [1.29, 1.82) is 0 Å². The zero-order chi connectivity index (χ0) is 24.1. The number of amides is 1. The summed E-state index contributed by atoms with van der Waals surface area (Å²) < 4.78 is 7.38. The Hall–Kier alpha value is -3.34. The van der Waals surface area contributed by atoms with Crippen LogP contribution in [0.25, 0.3) is 0 Å². The third-order valence-corrected chi connectivity index (χ3v) is 6.96. The van der Waals surface area contributed by atoms with Gasteiger partial charge in [-0.05, 0) is 61.8 Å². The SMILES string of the molecule is CCc1c(C(=O)N2CCC[C@@H](c3ccccc3)CC2)c(=O)cc(C)n1Cc1ccc(OC)cc1. The van der Waals surface area contributed by atoms with Crippen LogP contribution in [-0.4, -0.2) is 35.6 Å². The van der Waals surface area contributed by atoms with Crippen molar-refractivity contribution in [3.63, 3.8) is 0 Å². The average Bonchev–Trinajstić information content (AvgIpc) is 3.12. The Labute approximate surface area is 202 Å². The number of hydrogen-bond donors (Lipinski definition) is 0. The fraction of sp³-hybridized carbons (Fsp3) is 0.379. The van der Waals surface area contributed by atoms with E-state index >= 15 is 0 Å². The number of methoxy groups -OCH3 is 1. The summed E-state index contributed by atoms with van der Waals surface area (Å²) in [7, 11) is 1.65. The van der Waals surface area contributed by atoms with E-state index in [-0.39, 0.29) is 11.3 Å². The molecule has 178 valence electrons. The lowest BCUT2D eigenvalue weighted by Crippen LogP contribution is -2.37. The molecule has 0 aliphatic carbocycles. The van der Waals surface area contributed by atoms with E-state index in [1.165, 1.54) is 5.56 Å². The molecule has 5 nitrogen and oxygen atoms in total. The normalized spacial score (nSPS) is 16.2. The Morgan fingerprint density at radius 3 is 2.44 bits per heavy atom. The van der Waals surface area contributed by atoms with Gasteiger partial charge in [-0.2, -0.15) is 0 Å². The number of benzene rings is 2. The monoisotopic (exact) mass is 458 g/mol. The number of nitrogens with zero attached hydrogens (tertiary/aromatic N) is 2. The van der Waals surface area contributed by atoms with E-state index in [2.05, 4.69) is 28.8 Å². The maximum atomic E-state index is 13.7. The lowest BCUT2D eigenvalue weighted by atomic mass is 9.92. The van der Waals surface area contributed by atoms with Gasteiger partial charge in [0.1, 0.15) is 11.3 Å². The molecular formula is C29H34N2O3. The van der Waals surface area contributed by atoms with Gasteiger partial charge in [-0.3, -0.25) is 9.59 Å². The molecule has 0 spiro atoms. The summed E-state index contributed by atoms with van der Waals surface area (Å²) >= 11 is 0. The molecule has 4 rings (SSSR count). The summed E-state index contributed by atoms with van der Waals surface area (Å²) in [5.41, 5.74) is 4.28. The van der Waals surface area contributed by atoms with E-state index in [0.717, 1.165) is 42.0 Å². The number of carbonyl (C=O) groups excluding carboxylic acids is 1. The number of pyridine rings is 1. The van der Waals surface area contributed by atoms with Crippen molar-refractivity contribution in [2.75, 3.05) is 20.2 Å². The third-order valence-electron chi connectivity index (χ3n) is 6.96. The van der Waals surface area contributed by atoms with Gasteiger partial charge in [0.15, 0.2) is 5.43 Å². The zero-order valence-electron chi connectivity index (χ0n) is 20.4. The van der Waals surface area contributed by atoms with Gasteiger partial charge in [-0.1, -0.05) is 49.4 Å². The highest BCUT2D eigenvalue weighted by molar-refractivity contribution is 5.95. The van der Waals surface area contributed by atoms with Crippen molar-refractivity contribution in [2.24, 2.45) is 0 Å². The van der Waals surface area contributed by atoms with Crippen LogP contribution < -0.4 is 10.2 Å². The molecule has 2 aromatic carbocycles. The van der Waals surface area contributed by atoms with Crippen LogP contribution in [-0.2, 0) is 13.0 Å². The van der Waals surface area contributed by atoms with E-state index < -0.39 is 0 Å². The van der Waals surface area contributed by atoms with Crippen molar-refractivity contribution in [1.82, 2.24) is 9.47 Å². The van der Waals surface area contributed by atoms with Crippen LogP contribution in [0.1, 0.15) is 65.0 Å². The molecule has 2 heterocycles. The molecule has 34 heavy (non-hydrogen) atoms. The number of aromatic nitrogens is 1. The smallest absolute Gasteiger partial charge is 0.259 e. The van der Waals surface area contributed by atoms with Crippen molar-refractivity contribution in [3.05, 3.63) is 99.0 Å².